The van der Waals surface area contributed by atoms with E-state index in [1.165, 1.54) is 54.6 Å². The number of rotatable bonds is 5. The predicted octanol–water partition coefficient (Wildman–Crippen LogP) is 6.96. The molecule has 0 radical (unpaired) electrons. The lowest BCUT2D eigenvalue weighted by Crippen LogP contribution is -2.32. The number of carbonyl (C=O) groups excluding carboxylic acids is 3. The minimum atomic E-state index is -0.729. The third-order valence-electron chi connectivity index (χ3n) is 4.62. The molecule has 0 bridgehead atoms. The van der Waals surface area contributed by atoms with Crippen molar-refractivity contribution < 1.29 is 19.1 Å². The van der Waals surface area contributed by atoms with Crippen LogP contribution in [0.3, 0.4) is 0 Å². The van der Waals surface area contributed by atoms with E-state index < -0.39 is 17.8 Å². The highest BCUT2D eigenvalue weighted by Crippen LogP contribution is 2.33. The van der Waals surface area contributed by atoms with Crippen LogP contribution in [0.15, 0.2) is 71.4 Å². The van der Waals surface area contributed by atoms with Crippen molar-refractivity contribution in [2.75, 3.05) is 10.2 Å². The van der Waals surface area contributed by atoms with E-state index in [0.717, 1.165) is 4.90 Å². The van der Waals surface area contributed by atoms with E-state index in [-0.39, 0.29) is 42.8 Å². The first-order valence-corrected chi connectivity index (χ1v) is 11.3. The lowest BCUT2D eigenvalue weighted by atomic mass is 10.2. The number of hydrogen-bond donors (Lipinski definition) is 1. The van der Waals surface area contributed by atoms with Crippen molar-refractivity contribution in [2.24, 2.45) is 0 Å². The van der Waals surface area contributed by atoms with Gasteiger partial charge in [0, 0.05) is 20.8 Å². The van der Waals surface area contributed by atoms with Crippen LogP contribution in [0.25, 0.3) is 0 Å². The summed E-state index contributed by atoms with van der Waals surface area (Å²) in [5.41, 5.74) is 0.675. The molecule has 0 aromatic heterocycles. The average molecular weight is 557 g/mol. The van der Waals surface area contributed by atoms with E-state index in [1.54, 1.807) is 6.07 Å². The molecule has 0 fully saturated rings. The highest BCUT2D eigenvalue weighted by molar-refractivity contribution is 6.53. The van der Waals surface area contributed by atoms with Crippen molar-refractivity contribution in [3.05, 3.63) is 97.0 Å². The van der Waals surface area contributed by atoms with Gasteiger partial charge in [-0.1, -0.05) is 58.0 Å². The molecule has 0 unspecified atom stereocenters. The van der Waals surface area contributed by atoms with Gasteiger partial charge in [0.05, 0.1) is 16.3 Å². The first kappa shape index (κ1) is 24.4. The number of imide groups is 1. The average Bonchev–Trinajstić information content (AvgIpc) is 2.98. The number of nitrogens with zero attached hydrogens (tertiary/aromatic N) is 1. The normalized spacial score (nSPS) is 13.5. The largest absolute Gasteiger partial charge is 0.421 e. The smallest absolute Gasteiger partial charge is 0.343 e. The van der Waals surface area contributed by atoms with E-state index in [9.17, 15) is 14.4 Å². The second-order valence-corrected chi connectivity index (χ2v) is 9.02. The Morgan fingerprint density at radius 2 is 1.41 bits per heavy atom. The van der Waals surface area contributed by atoms with Crippen molar-refractivity contribution in [3.63, 3.8) is 0 Å². The molecule has 172 valence electrons. The number of hydrogen-bond acceptors (Lipinski definition) is 5. The van der Waals surface area contributed by atoms with Gasteiger partial charge in [0.1, 0.15) is 16.5 Å². The molecule has 1 heterocycles. The zero-order valence-electron chi connectivity index (χ0n) is 16.7. The number of esters is 1. The minimum Gasteiger partial charge on any atom is -0.421 e. The summed E-state index contributed by atoms with van der Waals surface area (Å²) in [6.07, 6.45) is 0. The van der Waals surface area contributed by atoms with Gasteiger partial charge in [-0.15, -0.1) is 0 Å². The van der Waals surface area contributed by atoms with Crippen LogP contribution >= 0.6 is 58.0 Å². The Kier molecular flexibility index (Phi) is 7.07. The SMILES string of the molecule is O=C(Oc1ccc(Cl)cc1Cl)c1ccc(NC2=C(Cl)C(=O)N(c3cc(Cl)cc(Cl)c3)C2=O)cc1. The van der Waals surface area contributed by atoms with Crippen LogP contribution in [-0.4, -0.2) is 17.8 Å². The van der Waals surface area contributed by atoms with Crippen molar-refractivity contribution >= 4 is 87.2 Å². The zero-order valence-corrected chi connectivity index (χ0v) is 20.5. The maximum Gasteiger partial charge on any atom is 0.343 e. The molecule has 0 saturated heterocycles. The Morgan fingerprint density at radius 3 is 2.03 bits per heavy atom. The fourth-order valence-electron chi connectivity index (χ4n) is 3.06. The summed E-state index contributed by atoms with van der Waals surface area (Å²) in [6.45, 7) is 0. The van der Waals surface area contributed by atoms with Gasteiger partial charge >= 0.3 is 5.97 Å². The molecule has 3 aromatic rings. The van der Waals surface area contributed by atoms with Gasteiger partial charge in [-0.05, 0) is 60.7 Å². The monoisotopic (exact) mass is 554 g/mol. The van der Waals surface area contributed by atoms with E-state index in [2.05, 4.69) is 5.32 Å². The number of halogens is 5. The summed E-state index contributed by atoms with van der Waals surface area (Å²) in [7, 11) is 0. The van der Waals surface area contributed by atoms with Crippen LogP contribution in [-0.2, 0) is 9.59 Å². The van der Waals surface area contributed by atoms with Crippen LogP contribution in [0.4, 0.5) is 11.4 Å². The van der Waals surface area contributed by atoms with E-state index in [1.807, 2.05) is 0 Å². The molecule has 3 aromatic carbocycles. The third-order valence-corrected chi connectivity index (χ3v) is 5.94. The number of amides is 2. The maximum absolute atomic E-state index is 12.9. The highest BCUT2D eigenvalue weighted by Gasteiger charge is 2.39. The fraction of sp³-hybridized carbons (Fsp3) is 0. The van der Waals surface area contributed by atoms with E-state index >= 15 is 0 Å². The molecule has 0 spiro atoms. The van der Waals surface area contributed by atoms with Crippen LogP contribution in [0.5, 0.6) is 5.75 Å². The van der Waals surface area contributed by atoms with Crippen LogP contribution in [0.1, 0.15) is 10.4 Å². The molecular formula is C23H11Cl5N2O4. The molecule has 1 aliphatic heterocycles. The first-order chi connectivity index (χ1) is 16.1. The van der Waals surface area contributed by atoms with Crippen molar-refractivity contribution in [3.8, 4) is 5.75 Å². The zero-order chi connectivity index (χ0) is 24.6. The summed E-state index contributed by atoms with van der Waals surface area (Å²) in [5, 5.41) is 3.61. The maximum atomic E-state index is 12.9. The summed E-state index contributed by atoms with van der Waals surface area (Å²) in [6, 6.07) is 14.8. The van der Waals surface area contributed by atoms with Gasteiger partial charge in [-0.2, -0.15) is 0 Å². The molecule has 0 atom stereocenters. The predicted molar refractivity (Wildman–Crippen MR) is 133 cm³/mol. The van der Waals surface area contributed by atoms with Gasteiger partial charge in [-0.25, -0.2) is 9.69 Å². The van der Waals surface area contributed by atoms with E-state index in [0.29, 0.717) is 10.7 Å². The number of ether oxygens (including phenoxy) is 1. The number of carbonyl (C=O) groups is 3. The Balaban J connectivity index is 1.50. The summed E-state index contributed by atoms with van der Waals surface area (Å²) >= 11 is 30.0. The molecular weight excluding hydrogens is 546 g/mol. The molecule has 0 saturated carbocycles. The van der Waals surface area contributed by atoms with Crippen LogP contribution in [0, 0.1) is 0 Å². The number of anilines is 2. The molecule has 1 aliphatic rings. The Bertz CT molecular complexity index is 1350. The summed E-state index contributed by atoms with van der Waals surface area (Å²) < 4.78 is 5.28. The Hall–Kier alpha value is -2.74. The number of benzene rings is 3. The van der Waals surface area contributed by atoms with Crippen LogP contribution < -0.4 is 15.0 Å². The molecule has 34 heavy (non-hydrogen) atoms. The molecule has 2 amide bonds. The topological polar surface area (TPSA) is 75.7 Å². The second kappa shape index (κ2) is 9.86. The Morgan fingerprint density at radius 1 is 0.765 bits per heavy atom. The standard InChI is InChI=1S/C23H11Cl5N2O4/c24-12-3-6-18(17(27)10-12)34-23(33)11-1-4-15(5-2-11)29-20-19(28)21(31)30(22(20)32)16-8-13(25)7-14(26)9-16/h1-10,29H. The van der Waals surface area contributed by atoms with E-state index in [4.69, 9.17) is 62.7 Å². The second-order valence-electron chi connectivity index (χ2n) is 6.93. The quantitative estimate of drug-likeness (QED) is 0.209. The van der Waals surface area contributed by atoms with Gasteiger partial charge in [0.25, 0.3) is 11.8 Å². The highest BCUT2D eigenvalue weighted by atomic mass is 35.5. The first-order valence-electron chi connectivity index (χ1n) is 9.43. The summed E-state index contributed by atoms with van der Waals surface area (Å²) in [5.74, 6) is -1.91. The lowest BCUT2D eigenvalue weighted by Gasteiger charge is -2.16. The van der Waals surface area contributed by atoms with Crippen LogP contribution in [0.2, 0.25) is 20.1 Å². The lowest BCUT2D eigenvalue weighted by molar-refractivity contribution is -0.120. The minimum absolute atomic E-state index is 0.133. The molecule has 0 aliphatic carbocycles. The molecule has 4 rings (SSSR count). The summed E-state index contributed by atoms with van der Waals surface area (Å²) in [4.78, 5) is 38.8. The number of nitrogens with one attached hydrogen (secondary N) is 1. The van der Waals surface area contributed by atoms with Gasteiger partial charge in [-0.3, -0.25) is 9.59 Å². The van der Waals surface area contributed by atoms with Crippen molar-refractivity contribution in [1.82, 2.24) is 0 Å². The third kappa shape index (κ3) is 5.02. The van der Waals surface area contributed by atoms with Gasteiger partial charge in [0.15, 0.2) is 0 Å². The molecule has 1 N–H and O–H groups in total. The van der Waals surface area contributed by atoms with Gasteiger partial charge < -0.3 is 10.1 Å². The molecule has 11 heteroatoms. The van der Waals surface area contributed by atoms with Crippen molar-refractivity contribution in [2.45, 2.75) is 0 Å². The Labute approximate surface area is 218 Å². The fourth-order valence-corrected chi connectivity index (χ4v) is 4.24. The van der Waals surface area contributed by atoms with Gasteiger partial charge in [0.2, 0.25) is 0 Å². The van der Waals surface area contributed by atoms with Crippen molar-refractivity contribution in [1.29, 1.82) is 0 Å². The molecule has 6 nitrogen and oxygen atoms in total.